The number of esters is 1. The quantitative estimate of drug-likeness (QED) is 0.0744. The minimum Gasteiger partial charge on any atom is -0.506 e. The summed E-state index contributed by atoms with van der Waals surface area (Å²) < 4.78 is 19.2. The number of phenols is 1. The van der Waals surface area contributed by atoms with E-state index in [1.807, 2.05) is 6.07 Å². The minimum absolute atomic E-state index is 0.00245. The van der Waals surface area contributed by atoms with E-state index in [2.05, 4.69) is 73.3 Å². The predicted molar refractivity (Wildman–Crippen MR) is 252 cm³/mol. The van der Waals surface area contributed by atoms with Crippen LogP contribution < -0.4 is 15.6 Å². The Balaban J connectivity index is 0.992. The molecule has 1 aromatic heterocycles. The van der Waals surface area contributed by atoms with Crippen molar-refractivity contribution >= 4 is 42.7 Å². The number of aryl methyl sites for hydroxylation is 1. The molecule has 4 fully saturated rings. The molecule has 4 aliphatic rings. The van der Waals surface area contributed by atoms with E-state index in [1.165, 1.54) is 6.07 Å². The molecule has 3 aliphatic heterocycles. The average Bonchev–Trinajstić information content (AvgIpc) is 3.26. The Morgan fingerprint density at radius 1 is 1.05 bits per heavy atom. The van der Waals surface area contributed by atoms with Crippen LogP contribution in [0.15, 0.2) is 65.5 Å². The van der Waals surface area contributed by atoms with Crippen molar-refractivity contribution in [1.82, 2.24) is 20.1 Å². The van der Waals surface area contributed by atoms with Gasteiger partial charge in [0.05, 0.1) is 34.7 Å². The van der Waals surface area contributed by atoms with Gasteiger partial charge in [0.2, 0.25) is 5.56 Å². The van der Waals surface area contributed by atoms with Gasteiger partial charge in [0.1, 0.15) is 17.6 Å². The molecule has 8 rings (SSSR count). The molecule has 63 heavy (non-hydrogen) atoms. The lowest BCUT2D eigenvalue weighted by Crippen LogP contribution is -2.53. The summed E-state index contributed by atoms with van der Waals surface area (Å²) in [6, 6.07) is 18.6. The van der Waals surface area contributed by atoms with Gasteiger partial charge in [0.25, 0.3) is 5.91 Å². The van der Waals surface area contributed by atoms with E-state index in [0.29, 0.717) is 52.8 Å². The Kier molecular flexibility index (Phi) is 14.5. The first-order chi connectivity index (χ1) is 30.0. The van der Waals surface area contributed by atoms with Crippen LogP contribution in [0.2, 0.25) is 23.2 Å². The second-order valence-electron chi connectivity index (χ2n) is 19.7. The highest BCUT2D eigenvalue weighted by atomic mass is 35.5. The number of halogens is 1. The van der Waals surface area contributed by atoms with E-state index < -0.39 is 19.8 Å². The smallest absolute Gasteiger partial charge is 0.316 e. The molecule has 3 saturated heterocycles. The Morgan fingerprint density at radius 3 is 2.48 bits per heavy atom. The number of amides is 1. The van der Waals surface area contributed by atoms with Crippen LogP contribution in [0, 0.1) is 5.92 Å². The number of pyridine rings is 1. The van der Waals surface area contributed by atoms with Crippen LogP contribution in [0.5, 0.6) is 11.5 Å². The summed E-state index contributed by atoms with van der Waals surface area (Å²) in [7, 11) is 1.09. The van der Waals surface area contributed by atoms with Crippen LogP contribution in [-0.2, 0) is 32.3 Å². The molecule has 3 N–H and O–H groups in total. The number of rotatable bonds is 16. The van der Waals surface area contributed by atoms with E-state index in [0.717, 1.165) is 99.7 Å². The molecule has 11 nitrogen and oxygen atoms in total. The fraction of sp³-hybridized carbons (Fsp3) is 0.540. The van der Waals surface area contributed by atoms with Crippen molar-refractivity contribution < 1.29 is 28.6 Å². The second-order valence-corrected chi connectivity index (χ2v) is 24.8. The lowest BCUT2D eigenvalue weighted by Gasteiger charge is -2.45. The molecule has 4 aromatic rings. The second kappa shape index (κ2) is 19.5. The molecule has 3 aromatic carbocycles. The Bertz CT molecular complexity index is 2330. The maximum Gasteiger partial charge on any atom is 0.316 e. The van der Waals surface area contributed by atoms with Crippen LogP contribution in [0.1, 0.15) is 111 Å². The van der Waals surface area contributed by atoms with Gasteiger partial charge in [-0.3, -0.25) is 19.3 Å². The lowest BCUT2D eigenvalue weighted by atomic mass is 9.69. The topological polar surface area (TPSA) is 133 Å². The van der Waals surface area contributed by atoms with Gasteiger partial charge in [-0.25, -0.2) is 0 Å². The number of aromatic amines is 1. The maximum absolute atomic E-state index is 14.1. The molecule has 0 radical (unpaired) electrons. The number of carbonyl (C=O) groups excluding carboxylic acids is 2. The highest BCUT2D eigenvalue weighted by molar-refractivity contribution is 6.74. The number of nitrogens with zero attached hydrogens (tertiary/aromatic N) is 2. The van der Waals surface area contributed by atoms with Crippen LogP contribution >= 0.6 is 11.6 Å². The molecule has 1 aliphatic carbocycles. The van der Waals surface area contributed by atoms with Crippen LogP contribution in [0.25, 0.3) is 10.9 Å². The standard InChI is InChI=1S/C50H67ClN4O7Si/c1-49(2,3)63(6,7)62-43(37-16-18-41(56)46-38(37)17-19-45(57)53-46)31-52-30-35-28-40(51)39(29-42(35)60-5)47(58)54(4)24-12-14-33-13-11-15-36(27-33)50(22-9-8-10-23-50)48(59)61-44-32-55-25-20-34(44)21-26-55/h11,13,15-19,27-29,34,43-44,52,56H,8-10,12,14,20-26,30-32H2,1-7H3,(H,53,57)/t43-,44?/m0/s1. The van der Waals surface area contributed by atoms with Gasteiger partial charge in [0.15, 0.2) is 8.32 Å². The largest absolute Gasteiger partial charge is 0.506 e. The van der Waals surface area contributed by atoms with Gasteiger partial charge < -0.3 is 34.2 Å². The lowest BCUT2D eigenvalue weighted by molar-refractivity contribution is -0.167. The zero-order chi connectivity index (χ0) is 45.1. The maximum atomic E-state index is 14.1. The third-order valence-electron chi connectivity index (χ3n) is 14.5. The SMILES string of the molecule is COc1cc(C(=O)N(C)CCCc2cccc(C3(C(=O)OC4CN5CCC4CC5)CCCCC3)c2)c(Cl)cc1CNC[C@H](O[Si](C)(C)C(C)(C)C)c1ccc(O)c2[nH]c(=O)ccc12. The number of benzene rings is 3. The number of nitrogens with one attached hydrogen (secondary N) is 2. The Hall–Kier alpha value is -4.20. The van der Waals surface area contributed by atoms with E-state index in [1.54, 1.807) is 43.3 Å². The number of phenolic OH excluding ortho intramolecular Hbond substituents is 1. The fourth-order valence-corrected chi connectivity index (χ4v) is 11.2. The average molecular weight is 900 g/mol. The van der Waals surface area contributed by atoms with E-state index in [4.69, 9.17) is 25.5 Å². The molecule has 1 amide bonds. The summed E-state index contributed by atoms with van der Waals surface area (Å²) in [5.74, 6) is 0.780. The van der Waals surface area contributed by atoms with Crippen molar-refractivity contribution in [2.45, 2.75) is 121 Å². The first-order valence-electron chi connectivity index (χ1n) is 22.9. The highest BCUT2D eigenvalue weighted by Gasteiger charge is 2.46. The number of H-pyrrole nitrogens is 1. The molecule has 13 heteroatoms. The highest BCUT2D eigenvalue weighted by Crippen LogP contribution is 2.44. The number of hydrogen-bond acceptors (Lipinski definition) is 9. The third kappa shape index (κ3) is 10.4. The predicted octanol–water partition coefficient (Wildman–Crippen LogP) is 9.29. The van der Waals surface area contributed by atoms with Crippen molar-refractivity contribution in [1.29, 1.82) is 0 Å². The summed E-state index contributed by atoms with van der Waals surface area (Å²) in [6.07, 6.45) is 8.15. The zero-order valence-corrected chi connectivity index (χ0v) is 40.0. The number of methoxy groups -OCH3 is 1. The van der Waals surface area contributed by atoms with Gasteiger partial charge in [0, 0.05) is 50.2 Å². The van der Waals surface area contributed by atoms with E-state index in [-0.39, 0.29) is 34.3 Å². The van der Waals surface area contributed by atoms with Crippen LogP contribution in [0.4, 0.5) is 0 Å². The van der Waals surface area contributed by atoms with Crippen molar-refractivity contribution in [3.8, 4) is 11.5 Å². The number of fused-ring (bicyclic) bond motifs is 4. The monoisotopic (exact) mass is 898 g/mol. The van der Waals surface area contributed by atoms with Gasteiger partial charge in [-0.15, -0.1) is 0 Å². The summed E-state index contributed by atoms with van der Waals surface area (Å²) in [5.41, 5.74) is 3.70. The molecule has 1 unspecified atom stereocenters. The Morgan fingerprint density at radius 2 is 1.79 bits per heavy atom. The number of hydrogen-bond donors (Lipinski definition) is 3. The molecule has 4 heterocycles. The number of carbonyl (C=O) groups is 2. The van der Waals surface area contributed by atoms with Gasteiger partial charge >= 0.3 is 5.97 Å². The number of aromatic nitrogens is 1. The van der Waals surface area contributed by atoms with Gasteiger partial charge in [-0.1, -0.05) is 82.0 Å². The zero-order valence-electron chi connectivity index (χ0n) is 38.3. The van der Waals surface area contributed by atoms with Crippen LogP contribution in [-0.4, -0.2) is 93.1 Å². The van der Waals surface area contributed by atoms with E-state index in [9.17, 15) is 19.5 Å². The summed E-state index contributed by atoms with van der Waals surface area (Å²) in [4.78, 5) is 47.1. The van der Waals surface area contributed by atoms with Crippen molar-refractivity contribution in [2.24, 2.45) is 5.92 Å². The van der Waals surface area contributed by atoms with Crippen molar-refractivity contribution in [3.05, 3.63) is 104 Å². The normalized spacial score (nSPS) is 20.3. The summed E-state index contributed by atoms with van der Waals surface area (Å²) in [5, 5.41) is 15.1. The van der Waals surface area contributed by atoms with Crippen molar-refractivity contribution in [2.75, 3.05) is 46.9 Å². The summed E-state index contributed by atoms with van der Waals surface area (Å²) in [6.45, 7) is 15.4. The molecule has 0 spiro atoms. The first kappa shape index (κ1) is 46.8. The molecular formula is C50H67ClN4O7Si. The number of piperidine rings is 3. The first-order valence-corrected chi connectivity index (χ1v) is 26.2. The third-order valence-corrected chi connectivity index (χ3v) is 19.3. The molecule has 1 saturated carbocycles. The molecule has 340 valence electrons. The molecular weight excluding hydrogens is 832 g/mol. The minimum atomic E-state index is -2.29. The molecule has 2 atom stereocenters. The Labute approximate surface area is 379 Å². The van der Waals surface area contributed by atoms with Gasteiger partial charge in [-0.05, 0) is 117 Å². The number of ether oxygens (including phenoxy) is 2. The summed E-state index contributed by atoms with van der Waals surface area (Å²) >= 11 is 6.86. The van der Waals surface area contributed by atoms with Gasteiger partial charge in [-0.2, -0.15) is 0 Å². The fourth-order valence-electron chi connectivity index (χ4n) is 9.62. The number of aromatic hydroxyl groups is 1. The molecule has 2 bridgehead atoms. The van der Waals surface area contributed by atoms with Crippen LogP contribution in [0.3, 0.4) is 0 Å². The van der Waals surface area contributed by atoms with E-state index >= 15 is 0 Å². The van der Waals surface area contributed by atoms with Crippen molar-refractivity contribution in [3.63, 3.8) is 0 Å².